The number of fused-ring (bicyclic) bond motifs is 1. The van der Waals surface area contributed by atoms with Crippen molar-refractivity contribution in [3.8, 4) is 0 Å². The Morgan fingerprint density at radius 1 is 1.30 bits per heavy atom. The predicted octanol–water partition coefficient (Wildman–Crippen LogP) is 2.46. The van der Waals surface area contributed by atoms with Crippen LogP contribution < -0.4 is 4.90 Å². The summed E-state index contributed by atoms with van der Waals surface area (Å²) in [6, 6.07) is 7.85. The van der Waals surface area contributed by atoms with Crippen LogP contribution in [0.3, 0.4) is 0 Å². The molecule has 1 unspecified atom stereocenters. The number of carbonyl (C=O) groups excluding carboxylic acids is 1. The number of Topliss-reactive ketones (excluding diaryl/α,β-unsaturated/α-hetero) is 1. The summed E-state index contributed by atoms with van der Waals surface area (Å²) in [5.41, 5.74) is 4.16. The number of aromatic amines is 1. The molecule has 1 aromatic carbocycles. The molecule has 1 aliphatic rings. The summed E-state index contributed by atoms with van der Waals surface area (Å²) in [7, 11) is 3.99. The third-order valence-electron chi connectivity index (χ3n) is 4.03. The van der Waals surface area contributed by atoms with Crippen molar-refractivity contribution in [3.05, 3.63) is 47.5 Å². The van der Waals surface area contributed by atoms with E-state index in [0.717, 1.165) is 36.2 Å². The third-order valence-corrected chi connectivity index (χ3v) is 4.03. The van der Waals surface area contributed by atoms with Gasteiger partial charge in [-0.15, -0.1) is 0 Å². The topological polar surface area (TPSA) is 49.0 Å². The van der Waals surface area contributed by atoms with Crippen molar-refractivity contribution in [2.45, 2.75) is 19.3 Å². The van der Waals surface area contributed by atoms with E-state index in [0.29, 0.717) is 0 Å². The first kappa shape index (κ1) is 12.9. The van der Waals surface area contributed by atoms with Crippen molar-refractivity contribution in [1.82, 2.24) is 9.97 Å². The first-order valence-corrected chi connectivity index (χ1v) is 6.98. The molecule has 0 bridgehead atoms. The van der Waals surface area contributed by atoms with Gasteiger partial charge < -0.3 is 9.88 Å². The number of rotatable bonds is 3. The van der Waals surface area contributed by atoms with Crippen LogP contribution >= 0.6 is 0 Å². The number of ketones is 1. The number of H-pyrrole nitrogens is 1. The number of hydrogen-bond donors (Lipinski definition) is 1. The minimum atomic E-state index is 0.0657. The maximum absolute atomic E-state index is 12.6. The van der Waals surface area contributed by atoms with Crippen LogP contribution in [0.1, 0.15) is 28.2 Å². The van der Waals surface area contributed by atoms with E-state index in [4.69, 9.17) is 0 Å². The normalized spacial score (nSPS) is 17.6. The number of aromatic nitrogens is 2. The first-order valence-electron chi connectivity index (χ1n) is 6.98. The summed E-state index contributed by atoms with van der Waals surface area (Å²) in [5.74, 6) is 0.306. The average Bonchev–Trinajstić information content (AvgIpc) is 2.94. The fourth-order valence-electron chi connectivity index (χ4n) is 2.78. The number of hydrogen-bond acceptors (Lipinski definition) is 3. The molecule has 4 heteroatoms. The summed E-state index contributed by atoms with van der Waals surface area (Å²) in [6.07, 6.45) is 4.31. The molecule has 3 rings (SSSR count). The lowest BCUT2D eigenvalue weighted by molar-refractivity contribution is 0.0908. The van der Waals surface area contributed by atoms with Gasteiger partial charge in [0.2, 0.25) is 0 Å². The van der Waals surface area contributed by atoms with E-state index in [9.17, 15) is 4.79 Å². The fourth-order valence-corrected chi connectivity index (χ4v) is 2.78. The zero-order valence-electron chi connectivity index (χ0n) is 11.9. The van der Waals surface area contributed by atoms with E-state index in [1.165, 1.54) is 5.69 Å². The number of nitrogens with one attached hydrogen (secondary N) is 1. The van der Waals surface area contributed by atoms with Gasteiger partial charge in [0.05, 0.1) is 12.0 Å². The van der Waals surface area contributed by atoms with E-state index in [1.54, 1.807) is 6.33 Å². The van der Waals surface area contributed by atoms with Crippen LogP contribution in [0.2, 0.25) is 0 Å². The molecule has 0 saturated carbocycles. The lowest BCUT2D eigenvalue weighted by Crippen LogP contribution is -2.23. The molecule has 1 aromatic heterocycles. The van der Waals surface area contributed by atoms with Gasteiger partial charge >= 0.3 is 0 Å². The van der Waals surface area contributed by atoms with E-state index >= 15 is 0 Å². The number of benzene rings is 1. The molecule has 0 radical (unpaired) electrons. The van der Waals surface area contributed by atoms with Gasteiger partial charge in [0.15, 0.2) is 5.78 Å². The SMILES string of the molecule is CN(C)c1ccc(C(=O)C2CCc3[nH]cnc3C2)cc1. The molecule has 0 fully saturated rings. The van der Waals surface area contributed by atoms with Crippen LogP contribution in [0.5, 0.6) is 0 Å². The second-order valence-corrected chi connectivity index (χ2v) is 5.57. The number of carbonyl (C=O) groups is 1. The van der Waals surface area contributed by atoms with Crippen LogP contribution in [-0.2, 0) is 12.8 Å². The van der Waals surface area contributed by atoms with Gasteiger partial charge in [-0.1, -0.05) is 0 Å². The molecule has 0 amide bonds. The Kier molecular flexibility index (Phi) is 3.30. The molecule has 20 heavy (non-hydrogen) atoms. The Hall–Kier alpha value is -2.10. The van der Waals surface area contributed by atoms with Gasteiger partial charge in [-0.2, -0.15) is 0 Å². The Morgan fingerprint density at radius 3 is 2.75 bits per heavy atom. The van der Waals surface area contributed by atoms with E-state index < -0.39 is 0 Å². The molecule has 1 atom stereocenters. The van der Waals surface area contributed by atoms with Crippen molar-refractivity contribution < 1.29 is 4.79 Å². The van der Waals surface area contributed by atoms with Crippen molar-refractivity contribution in [3.63, 3.8) is 0 Å². The first-order chi connectivity index (χ1) is 9.65. The van der Waals surface area contributed by atoms with Gasteiger partial charge in [0.1, 0.15) is 0 Å². The van der Waals surface area contributed by atoms with E-state index in [2.05, 4.69) is 9.97 Å². The van der Waals surface area contributed by atoms with Gasteiger partial charge in [-0.25, -0.2) is 4.98 Å². The monoisotopic (exact) mass is 269 g/mol. The lowest BCUT2D eigenvalue weighted by atomic mass is 9.84. The minimum absolute atomic E-state index is 0.0657. The summed E-state index contributed by atoms with van der Waals surface area (Å²) < 4.78 is 0. The standard InChI is InChI=1S/C16H19N3O/c1-19(2)13-6-3-11(4-7-13)16(20)12-5-8-14-15(9-12)18-10-17-14/h3-4,6-7,10,12H,5,8-9H2,1-2H3,(H,17,18). The Morgan fingerprint density at radius 2 is 2.05 bits per heavy atom. The highest BCUT2D eigenvalue weighted by molar-refractivity contribution is 5.98. The molecular weight excluding hydrogens is 250 g/mol. The third kappa shape index (κ3) is 2.33. The second-order valence-electron chi connectivity index (χ2n) is 5.57. The number of anilines is 1. The highest BCUT2D eigenvalue weighted by Gasteiger charge is 2.26. The van der Waals surface area contributed by atoms with Crippen LogP contribution in [-0.4, -0.2) is 29.8 Å². The molecule has 2 aromatic rings. The van der Waals surface area contributed by atoms with Crippen molar-refractivity contribution in [2.24, 2.45) is 5.92 Å². The summed E-state index contributed by atoms with van der Waals surface area (Å²) in [6.45, 7) is 0. The maximum atomic E-state index is 12.6. The number of aryl methyl sites for hydroxylation is 1. The molecule has 0 aliphatic heterocycles. The fraction of sp³-hybridized carbons (Fsp3) is 0.375. The zero-order valence-corrected chi connectivity index (χ0v) is 11.9. The largest absolute Gasteiger partial charge is 0.378 e. The van der Waals surface area contributed by atoms with E-state index in [-0.39, 0.29) is 11.7 Å². The van der Waals surface area contributed by atoms with Crippen LogP contribution in [0.15, 0.2) is 30.6 Å². The lowest BCUT2D eigenvalue weighted by Gasteiger charge is -2.20. The number of nitrogens with zero attached hydrogens (tertiary/aromatic N) is 2. The average molecular weight is 269 g/mol. The Balaban J connectivity index is 1.76. The summed E-state index contributed by atoms with van der Waals surface area (Å²) in [4.78, 5) is 22.0. The van der Waals surface area contributed by atoms with E-state index in [1.807, 2.05) is 43.3 Å². The van der Waals surface area contributed by atoms with Crippen LogP contribution in [0.25, 0.3) is 0 Å². The highest BCUT2D eigenvalue weighted by atomic mass is 16.1. The Labute approximate surface area is 118 Å². The predicted molar refractivity (Wildman–Crippen MR) is 79.2 cm³/mol. The molecule has 104 valence electrons. The molecule has 4 nitrogen and oxygen atoms in total. The van der Waals surface area contributed by atoms with Gasteiger partial charge in [-0.05, 0) is 37.1 Å². The van der Waals surface area contributed by atoms with Gasteiger partial charge in [-0.3, -0.25) is 4.79 Å². The molecule has 0 saturated heterocycles. The quantitative estimate of drug-likeness (QED) is 0.871. The summed E-state index contributed by atoms with van der Waals surface area (Å²) >= 11 is 0. The molecule has 1 heterocycles. The summed E-state index contributed by atoms with van der Waals surface area (Å²) in [5, 5.41) is 0. The zero-order chi connectivity index (χ0) is 14.1. The van der Waals surface area contributed by atoms with Crippen molar-refractivity contribution in [1.29, 1.82) is 0 Å². The van der Waals surface area contributed by atoms with Crippen LogP contribution in [0, 0.1) is 5.92 Å². The van der Waals surface area contributed by atoms with Crippen molar-refractivity contribution in [2.75, 3.05) is 19.0 Å². The second kappa shape index (κ2) is 5.12. The highest BCUT2D eigenvalue weighted by Crippen LogP contribution is 2.26. The van der Waals surface area contributed by atoms with Crippen molar-refractivity contribution >= 4 is 11.5 Å². The molecular formula is C16H19N3O. The smallest absolute Gasteiger partial charge is 0.166 e. The maximum Gasteiger partial charge on any atom is 0.166 e. The number of imidazole rings is 1. The van der Waals surface area contributed by atoms with Gasteiger partial charge in [0, 0.05) is 43.4 Å². The molecule has 0 spiro atoms. The minimum Gasteiger partial charge on any atom is -0.378 e. The van der Waals surface area contributed by atoms with Crippen LogP contribution in [0.4, 0.5) is 5.69 Å². The Bertz CT molecular complexity index is 613. The molecule has 1 N–H and O–H groups in total. The molecule has 1 aliphatic carbocycles. The van der Waals surface area contributed by atoms with Gasteiger partial charge in [0.25, 0.3) is 0 Å².